The van der Waals surface area contributed by atoms with Crippen LogP contribution in [0.15, 0.2) is 0 Å². The lowest BCUT2D eigenvalue weighted by Crippen LogP contribution is -2.61. The van der Waals surface area contributed by atoms with Gasteiger partial charge in [0, 0.05) is 24.7 Å². The van der Waals surface area contributed by atoms with Crippen molar-refractivity contribution >= 4 is 53.7 Å². The molecule has 564 valence electrons. The minimum atomic E-state index is -0.649. The first kappa shape index (κ1) is 78.0. The maximum atomic E-state index is 12.6. The van der Waals surface area contributed by atoms with Crippen molar-refractivity contribution in [1.82, 2.24) is 0 Å². The largest absolute Gasteiger partial charge is 0.463 e. The topological polar surface area (TPSA) is 248 Å². The van der Waals surface area contributed by atoms with Gasteiger partial charge in [-0.3, -0.25) is 38.4 Å². The Morgan fingerprint density at radius 2 is 0.970 bits per heavy atom. The second-order valence-corrected chi connectivity index (χ2v) is 37.9. The molecule has 14 aliphatic carbocycles. The van der Waals surface area contributed by atoms with Crippen LogP contribution >= 0.6 is 0 Å². The molecular weight excluding hydrogens is 1270 g/mol. The molecule has 1 N–H and O–H groups in total. The highest BCUT2D eigenvalue weighted by atomic mass is 16.6. The number of carbonyl (C=O) groups excluding carboxylic acids is 9. The zero-order chi connectivity index (χ0) is 73.5. The molecule has 0 aromatic carbocycles. The Labute approximate surface area is 597 Å². The number of fused-ring (bicyclic) bond motifs is 5. The van der Waals surface area contributed by atoms with Gasteiger partial charge in [0.05, 0.1) is 58.0 Å². The Morgan fingerprint density at radius 3 is 1.39 bits per heavy atom. The van der Waals surface area contributed by atoms with E-state index in [1.807, 2.05) is 76.2 Å². The summed E-state index contributed by atoms with van der Waals surface area (Å²) in [5.74, 6) is 8.29. The van der Waals surface area contributed by atoms with Crippen LogP contribution in [0.25, 0.3) is 0 Å². The van der Waals surface area contributed by atoms with Gasteiger partial charge in [-0.1, -0.05) is 69.2 Å². The molecule has 20 atom stereocenters. The zero-order valence-electron chi connectivity index (χ0n) is 64.5. The van der Waals surface area contributed by atoms with E-state index in [0.29, 0.717) is 84.5 Å². The van der Waals surface area contributed by atoms with E-state index >= 15 is 0 Å². The molecule has 3 saturated heterocycles. The highest BCUT2D eigenvalue weighted by Gasteiger charge is 2.65. The minimum absolute atomic E-state index is 0.00889. The molecule has 18 heteroatoms. The van der Waals surface area contributed by atoms with Gasteiger partial charge >= 0.3 is 53.7 Å². The first-order valence-electron chi connectivity index (χ1n) is 39.6. The van der Waals surface area contributed by atoms with Crippen LogP contribution in [0.3, 0.4) is 0 Å². The summed E-state index contributed by atoms with van der Waals surface area (Å²) in [6.07, 6.45) is 21.4. The normalized spacial score (nSPS) is 42.6. The van der Waals surface area contributed by atoms with Crippen LogP contribution in [0.4, 0.5) is 0 Å². The molecule has 0 spiro atoms. The predicted molar refractivity (Wildman–Crippen MR) is 373 cm³/mol. The van der Waals surface area contributed by atoms with Gasteiger partial charge in [-0.15, -0.1) is 0 Å². The summed E-state index contributed by atoms with van der Waals surface area (Å²) < 4.78 is 43.3. The number of ether oxygens (including phenoxy) is 8. The van der Waals surface area contributed by atoms with E-state index in [9.17, 15) is 48.3 Å². The molecule has 18 nitrogen and oxygen atoms in total. The Bertz CT molecular complexity index is 2980. The number of rotatable bonds is 13. The van der Waals surface area contributed by atoms with Gasteiger partial charge in [0.1, 0.15) is 29.0 Å². The molecule has 3 heterocycles. The fraction of sp³-hybridized carbons (Fsp3) is 0.890. The summed E-state index contributed by atoms with van der Waals surface area (Å²) in [6.45, 7) is 38.8. The van der Waals surface area contributed by atoms with Gasteiger partial charge in [0.2, 0.25) is 6.10 Å². The lowest BCUT2D eigenvalue weighted by Gasteiger charge is -2.60. The van der Waals surface area contributed by atoms with E-state index in [2.05, 4.69) is 46.3 Å². The van der Waals surface area contributed by atoms with Crippen molar-refractivity contribution in [2.24, 2.45) is 141 Å². The molecule has 0 radical (unpaired) electrons. The number of esters is 9. The van der Waals surface area contributed by atoms with Gasteiger partial charge in [-0.05, 0) is 274 Å². The molecule has 17 aliphatic rings. The van der Waals surface area contributed by atoms with Gasteiger partial charge in [0.25, 0.3) is 0 Å². The number of carbonyl (C=O) groups is 9. The van der Waals surface area contributed by atoms with Crippen molar-refractivity contribution in [2.45, 2.75) is 314 Å². The third-order valence-corrected chi connectivity index (χ3v) is 29.3. The second-order valence-electron chi connectivity index (χ2n) is 37.9. The van der Waals surface area contributed by atoms with E-state index in [1.165, 1.54) is 44.9 Å². The molecule has 3 aliphatic heterocycles. The van der Waals surface area contributed by atoms with Crippen LogP contribution in [-0.4, -0.2) is 106 Å². The molecule has 17 rings (SSSR count). The fourth-order valence-corrected chi connectivity index (χ4v) is 21.8. The van der Waals surface area contributed by atoms with E-state index < -0.39 is 34.5 Å². The van der Waals surface area contributed by atoms with Crippen LogP contribution in [0.1, 0.15) is 273 Å². The van der Waals surface area contributed by atoms with E-state index in [1.54, 1.807) is 13.8 Å². The van der Waals surface area contributed by atoms with Crippen LogP contribution in [-0.2, 0) is 81.0 Å². The molecule has 14 bridgehead atoms. The number of aliphatic hydroxyl groups is 1. The number of hydrogen-bond donors (Lipinski definition) is 1. The van der Waals surface area contributed by atoms with Gasteiger partial charge < -0.3 is 43.0 Å². The van der Waals surface area contributed by atoms with Gasteiger partial charge in [0.15, 0.2) is 0 Å². The van der Waals surface area contributed by atoms with Crippen molar-refractivity contribution < 1.29 is 86.2 Å². The first-order chi connectivity index (χ1) is 46.6. The zero-order valence-corrected chi connectivity index (χ0v) is 64.5. The fourth-order valence-electron chi connectivity index (χ4n) is 21.8. The molecule has 0 aromatic heterocycles. The lowest BCUT2D eigenvalue weighted by atomic mass is 9.49. The summed E-state index contributed by atoms with van der Waals surface area (Å²) in [4.78, 5) is 105. The molecule has 100 heavy (non-hydrogen) atoms. The van der Waals surface area contributed by atoms with Crippen molar-refractivity contribution in [1.29, 1.82) is 0 Å². The van der Waals surface area contributed by atoms with Gasteiger partial charge in [-0.2, -0.15) is 0 Å². The maximum absolute atomic E-state index is 12.6. The lowest BCUT2D eigenvalue weighted by molar-refractivity contribution is -0.225. The third kappa shape index (κ3) is 15.8. The SMILES string of the molecule is CC1C(=O)OC(=O)C1C.CC1C2CC(C(=O)OC(C)(C)C)C(C2)C1C.CC1C2CC(C(=O)OC3CCOC3=O)C(C2)C1C.CCC(C)(C)C(=O)OC1(CC)C2CC3CC(C2)CC1C3.CCC(C)(C)C(=O)OC12CC3CC(CC(O)(C3)C1)C2.CCC(C)(C)C(=O)OC1C2CC3C(=O)OC1C3C2. The van der Waals surface area contributed by atoms with Crippen LogP contribution in [0.5, 0.6) is 0 Å². The highest BCUT2D eigenvalue weighted by molar-refractivity contribution is 5.96. The molecule has 20 unspecified atom stereocenters. The summed E-state index contributed by atoms with van der Waals surface area (Å²) in [7, 11) is 0. The van der Waals surface area contributed by atoms with Crippen molar-refractivity contribution in [3.63, 3.8) is 0 Å². The maximum Gasteiger partial charge on any atom is 0.347 e. The van der Waals surface area contributed by atoms with Gasteiger partial charge in [-0.25, -0.2) is 4.79 Å². The minimum Gasteiger partial charge on any atom is -0.463 e. The van der Waals surface area contributed by atoms with Crippen LogP contribution < -0.4 is 0 Å². The Hall–Kier alpha value is -4.61. The standard InChI is InChI=1S/C18H30O2.C16H26O3.2C14H20O4.C14H24O2.C6H8O3/c1-5-17(3,4)16(19)20-18(6-2)14-8-12-7-13(10-14)11-15(18)9-12;1-4-14(2,3)13(17)19-16-8-11-5-12(9-16)7-15(18,6-11)10-16;1-7-8(2)10-5-9(7)6-11(10)13(15)18-12-3-4-17-14(12)16;1-4-14(2,3)13(16)18-10-7-5-8-9(6-7)12(15)17-11(8)10;1-8-9(2)11-6-10(8)7-12(11)13(15)16-14(3,4)5;1-3-4(2)6(8)9-5(3)7/h12-15H,5-11H2,1-4H3;11-12,18H,4-10H2,1-3H3;7-12H,3-6H2,1-2H3;7-11H,4-6H2,1-3H3;8-12H,6-7H2,1-5H3;3-4H,1-2H3. The molecule has 0 aromatic rings. The average molecular weight is 1400 g/mol. The van der Waals surface area contributed by atoms with Crippen molar-refractivity contribution in [2.75, 3.05) is 6.61 Å². The summed E-state index contributed by atoms with van der Waals surface area (Å²) >= 11 is 0. The predicted octanol–water partition coefficient (Wildman–Crippen LogP) is 14.9. The first-order valence-corrected chi connectivity index (χ1v) is 39.6. The molecule has 17 fully saturated rings. The number of hydrogen-bond acceptors (Lipinski definition) is 18. The smallest absolute Gasteiger partial charge is 0.347 e. The van der Waals surface area contributed by atoms with E-state index in [0.717, 1.165) is 113 Å². The summed E-state index contributed by atoms with van der Waals surface area (Å²) in [5, 5.41) is 10.6. The average Bonchev–Trinajstić information content (AvgIpc) is 1.00. The Kier molecular flexibility index (Phi) is 22.9. The summed E-state index contributed by atoms with van der Waals surface area (Å²) in [5.41, 5.74) is -2.58. The second kappa shape index (κ2) is 29.4. The van der Waals surface area contributed by atoms with E-state index in [-0.39, 0.29) is 106 Å². The highest BCUT2D eigenvalue weighted by Crippen LogP contribution is 2.63. The quantitative estimate of drug-likeness (QED) is 0.102. The molecule has 0 amide bonds. The van der Waals surface area contributed by atoms with Crippen molar-refractivity contribution in [3.8, 4) is 0 Å². The van der Waals surface area contributed by atoms with Crippen molar-refractivity contribution in [3.05, 3.63) is 0 Å². The monoisotopic (exact) mass is 1400 g/mol. The van der Waals surface area contributed by atoms with E-state index in [4.69, 9.17) is 33.2 Å². The third-order valence-electron chi connectivity index (χ3n) is 29.3. The number of cyclic esters (lactones) is 3. The molecular formula is C82H128O18. The van der Waals surface area contributed by atoms with Crippen LogP contribution in [0, 0.1) is 141 Å². The van der Waals surface area contributed by atoms with Crippen LogP contribution in [0.2, 0.25) is 0 Å². The Balaban J connectivity index is 0.000000131. The Morgan fingerprint density at radius 1 is 0.500 bits per heavy atom. The molecule has 14 saturated carbocycles. The summed E-state index contributed by atoms with van der Waals surface area (Å²) in [6, 6.07) is 0.